The molecule has 0 saturated carbocycles. The summed E-state index contributed by atoms with van der Waals surface area (Å²) in [5.74, 6) is 0.611. The summed E-state index contributed by atoms with van der Waals surface area (Å²) in [6.07, 6.45) is 2.00. The third kappa shape index (κ3) is 6.44. The van der Waals surface area contributed by atoms with Crippen LogP contribution in [0.25, 0.3) is 0 Å². The Bertz CT molecular complexity index is 835. The van der Waals surface area contributed by atoms with Crippen LogP contribution in [0.15, 0.2) is 42.6 Å². The number of nitrogens with zero attached hydrogens (tertiary/aromatic N) is 3. The van der Waals surface area contributed by atoms with Crippen LogP contribution in [0.1, 0.15) is 22.3 Å². The van der Waals surface area contributed by atoms with Gasteiger partial charge in [0.05, 0.1) is 0 Å². The molecule has 1 fully saturated rings. The molecular weight excluding hydrogens is 390 g/mol. The number of rotatable bonds is 7. The van der Waals surface area contributed by atoms with Crippen molar-refractivity contribution >= 4 is 29.2 Å². The normalized spacial score (nSPS) is 14.5. The van der Waals surface area contributed by atoms with Crippen molar-refractivity contribution in [3.05, 3.63) is 58.7 Å². The highest BCUT2D eigenvalue weighted by molar-refractivity contribution is 6.30. The molecule has 2 heterocycles. The first-order chi connectivity index (χ1) is 14.0. The molecule has 3 rings (SSSR count). The smallest absolute Gasteiger partial charge is 0.251 e. The maximum absolute atomic E-state index is 12.1. The van der Waals surface area contributed by atoms with Gasteiger partial charge in [-0.3, -0.25) is 9.59 Å². The van der Waals surface area contributed by atoms with E-state index in [2.05, 4.69) is 32.5 Å². The van der Waals surface area contributed by atoms with Gasteiger partial charge >= 0.3 is 0 Å². The van der Waals surface area contributed by atoms with Crippen LogP contribution in [0.4, 0.5) is 5.82 Å². The van der Waals surface area contributed by atoms with Crippen LogP contribution in [0.2, 0.25) is 5.02 Å². The molecule has 29 heavy (non-hydrogen) atoms. The molecule has 1 aliphatic heterocycles. The van der Waals surface area contributed by atoms with Gasteiger partial charge in [0.2, 0.25) is 5.91 Å². The lowest BCUT2D eigenvalue weighted by molar-refractivity contribution is -0.121. The topological polar surface area (TPSA) is 77.6 Å². The minimum Gasteiger partial charge on any atom is -0.354 e. The molecule has 2 aromatic rings. The number of likely N-dealkylation sites (N-methyl/N-ethyl adjacent to an activating group) is 1. The largest absolute Gasteiger partial charge is 0.354 e. The molecule has 0 spiro atoms. The Kier molecular flexibility index (Phi) is 7.43. The summed E-state index contributed by atoms with van der Waals surface area (Å²) >= 11 is 5.81. The van der Waals surface area contributed by atoms with Gasteiger partial charge < -0.3 is 20.4 Å². The number of piperazine rings is 1. The lowest BCUT2D eigenvalue weighted by Crippen LogP contribution is -2.44. The summed E-state index contributed by atoms with van der Waals surface area (Å²) in [5, 5.41) is 6.21. The van der Waals surface area contributed by atoms with E-state index in [1.807, 2.05) is 12.1 Å². The molecule has 0 aliphatic carbocycles. The molecule has 2 amide bonds. The van der Waals surface area contributed by atoms with E-state index in [4.69, 9.17) is 11.6 Å². The van der Waals surface area contributed by atoms with Gasteiger partial charge in [0.1, 0.15) is 5.82 Å². The molecule has 1 aliphatic rings. The second-order valence-electron chi connectivity index (χ2n) is 7.10. The zero-order valence-electron chi connectivity index (χ0n) is 16.5. The minimum absolute atomic E-state index is 0.112. The van der Waals surface area contributed by atoms with Crippen LogP contribution < -0.4 is 15.5 Å². The van der Waals surface area contributed by atoms with Gasteiger partial charge in [-0.2, -0.15) is 0 Å². The number of pyridine rings is 1. The van der Waals surface area contributed by atoms with E-state index < -0.39 is 0 Å². The zero-order chi connectivity index (χ0) is 20.6. The van der Waals surface area contributed by atoms with Crippen molar-refractivity contribution in [2.45, 2.75) is 13.0 Å². The highest BCUT2D eigenvalue weighted by atomic mass is 35.5. The Labute approximate surface area is 176 Å². The van der Waals surface area contributed by atoms with E-state index in [1.165, 1.54) is 0 Å². The van der Waals surface area contributed by atoms with Crippen LogP contribution in [0, 0.1) is 0 Å². The molecule has 7 nitrogen and oxygen atoms in total. The summed E-state index contributed by atoms with van der Waals surface area (Å²) < 4.78 is 0. The highest BCUT2D eigenvalue weighted by Gasteiger charge is 2.15. The fraction of sp³-hybridized carbons (Fsp3) is 0.381. The Balaban J connectivity index is 1.40. The second-order valence-corrected chi connectivity index (χ2v) is 7.54. The number of benzene rings is 1. The molecule has 0 radical (unpaired) electrons. The number of aromatic nitrogens is 1. The lowest BCUT2D eigenvalue weighted by atomic mass is 10.2. The fourth-order valence-electron chi connectivity index (χ4n) is 3.06. The van der Waals surface area contributed by atoms with E-state index in [0.29, 0.717) is 17.1 Å². The number of hydrogen-bond donors (Lipinski definition) is 2. The standard InChI is InChI=1S/C21H26ClN5O2/c1-26-10-12-27(13-11-26)19-14-16(6-8-23-19)15-25-20(28)7-9-24-21(29)17-2-4-18(22)5-3-17/h2-6,8,14H,7,9-13,15H2,1H3,(H,24,29)(H,25,28). The van der Waals surface area contributed by atoms with Crippen LogP contribution in [0.5, 0.6) is 0 Å². The van der Waals surface area contributed by atoms with Gasteiger partial charge in [-0.05, 0) is 49.0 Å². The molecule has 1 aromatic carbocycles. The Morgan fingerprint density at radius 3 is 2.52 bits per heavy atom. The molecule has 8 heteroatoms. The van der Waals surface area contributed by atoms with Gasteiger partial charge in [-0.1, -0.05) is 11.6 Å². The number of anilines is 1. The van der Waals surface area contributed by atoms with Gasteiger partial charge in [-0.15, -0.1) is 0 Å². The van der Waals surface area contributed by atoms with E-state index >= 15 is 0 Å². The molecule has 1 saturated heterocycles. The Morgan fingerprint density at radius 2 is 1.79 bits per heavy atom. The second kappa shape index (κ2) is 10.2. The predicted molar refractivity (Wildman–Crippen MR) is 114 cm³/mol. The van der Waals surface area contributed by atoms with Gasteiger partial charge in [0.15, 0.2) is 0 Å². The van der Waals surface area contributed by atoms with Crippen LogP contribution in [0.3, 0.4) is 0 Å². The molecule has 2 N–H and O–H groups in total. The van der Waals surface area contributed by atoms with Gasteiger partial charge in [0.25, 0.3) is 5.91 Å². The monoisotopic (exact) mass is 415 g/mol. The minimum atomic E-state index is -0.222. The number of halogens is 1. The average molecular weight is 416 g/mol. The van der Waals surface area contributed by atoms with Gasteiger partial charge in [-0.25, -0.2) is 4.98 Å². The maximum Gasteiger partial charge on any atom is 0.251 e. The average Bonchev–Trinajstić information content (AvgIpc) is 2.73. The number of amides is 2. The number of carbonyl (C=O) groups is 2. The third-order valence-corrected chi connectivity index (χ3v) is 5.12. The van der Waals surface area contributed by atoms with Crippen molar-refractivity contribution in [1.29, 1.82) is 0 Å². The first-order valence-electron chi connectivity index (χ1n) is 9.70. The van der Waals surface area contributed by atoms with Crippen molar-refractivity contribution in [3.8, 4) is 0 Å². The lowest BCUT2D eigenvalue weighted by Gasteiger charge is -2.33. The Hall–Kier alpha value is -2.64. The summed E-state index contributed by atoms with van der Waals surface area (Å²) in [4.78, 5) is 33.1. The first kappa shape index (κ1) is 21.1. The summed E-state index contributed by atoms with van der Waals surface area (Å²) in [6.45, 7) is 4.65. The van der Waals surface area contributed by atoms with E-state index in [9.17, 15) is 9.59 Å². The Morgan fingerprint density at radius 1 is 1.07 bits per heavy atom. The molecule has 1 aromatic heterocycles. The highest BCUT2D eigenvalue weighted by Crippen LogP contribution is 2.14. The molecular formula is C21H26ClN5O2. The number of nitrogens with one attached hydrogen (secondary N) is 2. The third-order valence-electron chi connectivity index (χ3n) is 4.87. The van der Waals surface area contributed by atoms with Crippen LogP contribution in [-0.2, 0) is 11.3 Å². The van der Waals surface area contributed by atoms with Crippen molar-refractivity contribution in [2.24, 2.45) is 0 Å². The summed E-state index contributed by atoms with van der Waals surface area (Å²) in [6, 6.07) is 10.6. The predicted octanol–water partition coefficient (Wildman–Crippen LogP) is 1.92. The zero-order valence-corrected chi connectivity index (χ0v) is 17.3. The van der Waals surface area contributed by atoms with Crippen molar-refractivity contribution < 1.29 is 9.59 Å². The maximum atomic E-state index is 12.1. The first-order valence-corrected chi connectivity index (χ1v) is 10.1. The molecule has 0 bridgehead atoms. The SMILES string of the molecule is CN1CCN(c2cc(CNC(=O)CCNC(=O)c3ccc(Cl)cc3)ccn2)CC1. The van der Waals surface area contributed by atoms with E-state index in [-0.39, 0.29) is 24.8 Å². The summed E-state index contributed by atoms with van der Waals surface area (Å²) in [5.41, 5.74) is 1.52. The fourth-order valence-corrected chi connectivity index (χ4v) is 3.19. The van der Waals surface area contributed by atoms with Gasteiger partial charge in [0, 0.05) is 62.5 Å². The van der Waals surface area contributed by atoms with Crippen molar-refractivity contribution in [3.63, 3.8) is 0 Å². The molecule has 0 unspecified atom stereocenters. The van der Waals surface area contributed by atoms with Crippen LogP contribution in [-0.4, -0.2) is 61.5 Å². The molecule has 0 atom stereocenters. The summed E-state index contributed by atoms with van der Waals surface area (Å²) in [7, 11) is 2.12. The number of carbonyl (C=O) groups excluding carboxylic acids is 2. The molecule has 154 valence electrons. The van der Waals surface area contributed by atoms with Crippen molar-refractivity contribution in [1.82, 2.24) is 20.5 Å². The van der Waals surface area contributed by atoms with Crippen LogP contribution >= 0.6 is 11.6 Å². The van der Waals surface area contributed by atoms with E-state index in [0.717, 1.165) is 37.6 Å². The number of hydrogen-bond acceptors (Lipinski definition) is 5. The quantitative estimate of drug-likeness (QED) is 0.722. The van der Waals surface area contributed by atoms with Crippen molar-refractivity contribution in [2.75, 3.05) is 44.7 Å². The van der Waals surface area contributed by atoms with E-state index in [1.54, 1.807) is 30.5 Å².